The van der Waals surface area contributed by atoms with Crippen LogP contribution in [0.4, 0.5) is 4.79 Å². The molecular weight excluding hydrogens is 280 g/mol. The monoisotopic (exact) mass is 302 g/mol. The molecule has 0 spiro atoms. The molecule has 0 aromatic heterocycles. The van der Waals surface area contributed by atoms with E-state index in [0.717, 1.165) is 12.0 Å². The molecule has 0 radical (unpaired) electrons. The van der Waals surface area contributed by atoms with Gasteiger partial charge in [0.15, 0.2) is 0 Å². The highest BCUT2D eigenvalue weighted by Gasteiger charge is 2.51. The molecule has 3 rings (SSSR count). The maximum atomic E-state index is 12.4. The van der Waals surface area contributed by atoms with Gasteiger partial charge in [-0.1, -0.05) is 44.2 Å². The summed E-state index contributed by atoms with van der Waals surface area (Å²) in [6.45, 7) is 4.96. The molecule has 2 heterocycles. The Balaban J connectivity index is 1.66. The Hall–Kier alpha value is -2.04. The number of likely N-dealkylation sites (tertiary alicyclic amines) is 1. The topological polar surface area (TPSA) is 58.6 Å². The fourth-order valence-corrected chi connectivity index (χ4v) is 3.56. The molecule has 22 heavy (non-hydrogen) atoms. The van der Waals surface area contributed by atoms with E-state index in [-0.39, 0.29) is 42.5 Å². The minimum atomic E-state index is -0.321. The molecule has 3 atom stereocenters. The van der Waals surface area contributed by atoms with Crippen molar-refractivity contribution in [1.82, 2.24) is 10.2 Å². The molecule has 1 N–H and O–H groups in total. The van der Waals surface area contributed by atoms with E-state index in [4.69, 9.17) is 4.74 Å². The summed E-state index contributed by atoms with van der Waals surface area (Å²) in [5.41, 5.74) is 0.965. The smallest absolute Gasteiger partial charge is 0.410 e. The van der Waals surface area contributed by atoms with Gasteiger partial charge in [0.2, 0.25) is 5.91 Å². The number of amides is 2. The van der Waals surface area contributed by atoms with Gasteiger partial charge in [0.1, 0.15) is 6.61 Å². The predicted molar refractivity (Wildman–Crippen MR) is 82.0 cm³/mol. The summed E-state index contributed by atoms with van der Waals surface area (Å²) in [6.07, 6.45) is 0.485. The Bertz CT molecular complexity index is 558. The van der Waals surface area contributed by atoms with Crippen molar-refractivity contribution in [1.29, 1.82) is 0 Å². The van der Waals surface area contributed by atoms with Crippen LogP contribution in [0.25, 0.3) is 0 Å². The fourth-order valence-electron chi connectivity index (χ4n) is 3.56. The Labute approximate surface area is 130 Å². The molecule has 0 unspecified atom stereocenters. The summed E-state index contributed by atoms with van der Waals surface area (Å²) in [4.78, 5) is 26.2. The fraction of sp³-hybridized carbons (Fsp3) is 0.529. The maximum absolute atomic E-state index is 12.4. The van der Waals surface area contributed by atoms with Crippen LogP contribution in [-0.4, -0.2) is 35.5 Å². The average molecular weight is 302 g/mol. The standard InChI is InChI=1S/C17H22N2O3/c1-11(2)14-15-13(18-16(14)20)8-9-19(15)17(21)22-10-12-6-4-3-5-7-12/h3-7,11,13-15H,8-10H2,1-2H3,(H,18,20)/t13-,14-,15-/m1/s1. The Morgan fingerprint density at radius 2 is 2.09 bits per heavy atom. The SMILES string of the molecule is CC(C)[C@H]1C(=O)N[C@@H]2CCN(C(=O)OCc3ccccc3)[C@@H]12. The number of nitrogens with zero attached hydrogens (tertiary/aromatic N) is 1. The van der Waals surface area contributed by atoms with Crippen LogP contribution in [0, 0.1) is 11.8 Å². The highest BCUT2D eigenvalue weighted by molar-refractivity contribution is 5.84. The first kappa shape index (κ1) is 14.9. The van der Waals surface area contributed by atoms with E-state index >= 15 is 0 Å². The lowest BCUT2D eigenvalue weighted by Crippen LogP contribution is -2.44. The molecule has 5 heteroatoms. The number of ether oxygens (including phenoxy) is 1. The molecule has 1 aromatic rings. The quantitative estimate of drug-likeness (QED) is 0.931. The van der Waals surface area contributed by atoms with Gasteiger partial charge in [-0.15, -0.1) is 0 Å². The van der Waals surface area contributed by atoms with Crippen molar-refractivity contribution in [2.24, 2.45) is 11.8 Å². The van der Waals surface area contributed by atoms with Gasteiger partial charge in [0.05, 0.1) is 18.0 Å². The van der Waals surface area contributed by atoms with E-state index in [9.17, 15) is 9.59 Å². The maximum Gasteiger partial charge on any atom is 0.410 e. The van der Waals surface area contributed by atoms with Crippen molar-refractivity contribution >= 4 is 12.0 Å². The first-order valence-corrected chi connectivity index (χ1v) is 7.85. The Morgan fingerprint density at radius 1 is 1.36 bits per heavy atom. The van der Waals surface area contributed by atoms with Gasteiger partial charge >= 0.3 is 6.09 Å². The summed E-state index contributed by atoms with van der Waals surface area (Å²) in [5, 5.41) is 3.02. The second-order valence-electron chi connectivity index (χ2n) is 6.40. The number of benzene rings is 1. The second-order valence-corrected chi connectivity index (χ2v) is 6.40. The number of nitrogens with one attached hydrogen (secondary N) is 1. The highest BCUT2D eigenvalue weighted by Crippen LogP contribution is 2.34. The van der Waals surface area contributed by atoms with Crippen molar-refractivity contribution in [2.75, 3.05) is 6.54 Å². The van der Waals surface area contributed by atoms with Gasteiger partial charge in [-0.25, -0.2) is 4.79 Å². The summed E-state index contributed by atoms with van der Waals surface area (Å²) < 4.78 is 5.43. The average Bonchev–Trinajstić information content (AvgIpc) is 3.03. The molecular formula is C17H22N2O3. The number of fused-ring (bicyclic) bond motifs is 1. The van der Waals surface area contributed by atoms with Crippen LogP contribution in [0.1, 0.15) is 25.8 Å². The third kappa shape index (κ3) is 2.67. The van der Waals surface area contributed by atoms with Crippen LogP contribution in [0.5, 0.6) is 0 Å². The number of hydrogen-bond donors (Lipinski definition) is 1. The molecule has 5 nitrogen and oxygen atoms in total. The van der Waals surface area contributed by atoms with Crippen molar-refractivity contribution < 1.29 is 14.3 Å². The lowest BCUT2D eigenvalue weighted by molar-refractivity contribution is -0.124. The van der Waals surface area contributed by atoms with Gasteiger partial charge in [-0.3, -0.25) is 4.79 Å². The second kappa shape index (κ2) is 5.99. The molecule has 2 aliphatic heterocycles. The van der Waals surface area contributed by atoms with Crippen LogP contribution < -0.4 is 5.32 Å². The van der Waals surface area contributed by atoms with Crippen LogP contribution >= 0.6 is 0 Å². The number of hydrogen-bond acceptors (Lipinski definition) is 3. The molecule has 118 valence electrons. The zero-order valence-electron chi connectivity index (χ0n) is 13.0. The molecule has 0 saturated carbocycles. The van der Waals surface area contributed by atoms with E-state index in [0.29, 0.717) is 6.54 Å². The van der Waals surface area contributed by atoms with Crippen molar-refractivity contribution in [3.63, 3.8) is 0 Å². The summed E-state index contributed by atoms with van der Waals surface area (Å²) in [7, 11) is 0. The lowest BCUT2D eigenvalue weighted by atomic mass is 9.88. The number of carbonyl (C=O) groups excluding carboxylic acids is 2. The zero-order chi connectivity index (χ0) is 15.7. The summed E-state index contributed by atoms with van der Waals surface area (Å²) in [6, 6.07) is 9.63. The van der Waals surface area contributed by atoms with Gasteiger partial charge in [-0.2, -0.15) is 0 Å². The minimum Gasteiger partial charge on any atom is -0.445 e. The van der Waals surface area contributed by atoms with Crippen molar-refractivity contribution in [3.8, 4) is 0 Å². The molecule has 2 amide bonds. The Morgan fingerprint density at radius 3 is 2.77 bits per heavy atom. The third-order valence-corrected chi connectivity index (χ3v) is 4.61. The molecule has 2 aliphatic rings. The van der Waals surface area contributed by atoms with Gasteiger partial charge in [0, 0.05) is 6.54 Å². The van der Waals surface area contributed by atoms with Crippen LogP contribution in [0.3, 0.4) is 0 Å². The normalized spacial score (nSPS) is 27.0. The predicted octanol–water partition coefficient (Wildman–Crippen LogP) is 2.17. The van der Waals surface area contributed by atoms with Gasteiger partial charge in [-0.05, 0) is 17.9 Å². The number of carbonyl (C=O) groups is 2. The van der Waals surface area contributed by atoms with Gasteiger partial charge < -0.3 is 15.0 Å². The molecule has 1 aromatic carbocycles. The van der Waals surface area contributed by atoms with E-state index in [1.165, 1.54) is 0 Å². The summed E-state index contributed by atoms with van der Waals surface area (Å²) >= 11 is 0. The lowest BCUT2D eigenvalue weighted by Gasteiger charge is -2.28. The highest BCUT2D eigenvalue weighted by atomic mass is 16.6. The van der Waals surface area contributed by atoms with Gasteiger partial charge in [0.25, 0.3) is 0 Å². The molecule has 0 bridgehead atoms. The van der Waals surface area contributed by atoms with Crippen LogP contribution in [0.2, 0.25) is 0 Å². The van der Waals surface area contributed by atoms with Crippen molar-refractivity contribution in [3.05, 3.63) is 35.9 Å². The largest absolute Gasteiger partial charge is 0.445 e. The summed E-state index contributed by atoms with van der Waals surface area (Å²) in [5.74, 6) is 0.125. The number of rotatable bonds is 3. The zero-order valence-corrected chi connectivity index (χ0v) is 13.0. The molecule has 0 aliphatic carbocycles. The van der Waals surface area contributed by atoms with E-state index < -0.39 is 0 Å². The first-order chi connectivity index (χ1) is 10.6. The first-order valence-electron chi connectivity index (χ1n) is 7.85. The Kier molecular flexibility index (Phi) is 4.05. The third-order valence-electron chi connectivity index (χ3n) is 4.61. The molecule has 2 fully saturated rings. The van der Waals surface area contributed by atoms with Crippen molar-refractivity contribution in [2.45, 2.75) is 39.0 Å². The molecule has 2 saturated heterocycles. The minimum absolute atomic E-state index is 0.0607. The van der Waals surface area contributed by atoms with E-state index in [1.54, 1.807) is 4.90 Å². The van der Waals surface area contributed by atoms with Crippen LogP contribution in [-0.2, 0) is 16.1 Å². The van der Waals surface area contributed by atoms with E-state index in [1.807, 2.05) is 44.2 Å². The van der Waals surface area contributed by atoms with Crippen LogP contribution in [0.15, 0.2) is 30.3 Å². The van der Waals surface area contributed by atoms with E-state index in [2.05, 4.69) is 5.32 Å².